The predicted octanol–water partition coefficient (Wildman–Crippen LogP) is 19.1. The van der Waals surface area contributed by atoms with E-state index in [1.165, 1.54) is 17.7 Å². The highest BCUT2D eigenvalue weighted by molar-refractivity contribution is 7.81. The molecule has 638 valence electrons. The zero-order chi connectivity index (χ0) is 87.8. The number of alkyl halides is 6. The van der Waals surface area contributed by atoms with Gasteiger partial charge >= 0.3 is 12.4 Å². The molecule has 0 spiro atoms. The Balaban J connectivity index is 0.000000135. The van der Waals surface area contributed by atoms with Crippen LogP contribution in [0.2, 0.25) is 10.0 Å². The largest absolute Gasteiger partial charge is 0.416 e. The van der Waals surface area contributed by atoms with Crippen molar-refractivity contribution >= 4 is 173 Å². The van der Waals surface area contributed by atoms with Gasteiger partial charge in [-0.3, -0.25) is 9.97 Å². The number of nitrogens with one attached hydrogen (secondary N) is 9. The summed E-state index contributed by atoms with van der Waals surface area (Å²) in [5.74, 6) is 3.41. The van der Waals surface area contributed by atoms with Crippen molar-refractivity contribution in [2.24, 2.45) is 0 Å². The molecule has 1 fully saturated rings. The van der Waals surface area contributed by atoms with Crippen LogP contribution in [-0.2, 0) is 49.2 Å². The molecule has 8 aromatic heterocycles. The quantitative estimate of drug-likeness (QED) is 0.0321. The summed E-state index contributed by atoms with van der Waals surface area (Å²) in [7, 11) is 8.22. The summed E-state index contributed by atoms with van der Waals surface area (Å²) in [6.07, 6.45) is 4.45. The number of nitrogens with zero attached hydrogens (tertiary/aromatic N) is 15. The molecule has 13 heterocycles. The number of hydrogen-bond acceptors (Lipinski definition) is 25. The highest BCUT2D eigenvalue weighted by atomic mass is 35.5. The molecular formula is C87H84Cl2F6N24OS4. The average Bonchev–Trinajstić information content (AvgIpc) is 1.58. The third-order valence-corrected chi connectivity index (χ3v) is 21.8. The molecule has 12 aromatic rings. The van der Waals surface area contributed by atoms with Gasteiger partial charge in [0.05, 0.1) is 113 Å². The second-order valence-electron chi connectivity index (χ2n) is 30.1. The van der Waals surface area contributed by atoms with Gasteiger partial charge in [-0.2, -0.15) is 26.3 Å². The number of anilines is 14. The van der Waals surface area contributed by atoms with Crippen LogP contribution in [0.5, 0.6) is 0 Å². The molecule has 124 heavy (non-hydrogen) atoms. The number of benzene rings is 4. The summed E-state index contributed by atoms with van der Waals surface area (Å²) in [4.78, 5) is 63.4. The van der Waals surface area contributed by atoms with E-state index in [9.17, 15) is 26.3 Å². The van der Waals surface area contributed by atoms with E-state index < -0.39 is 23.5 Å². The van der Waals surface area contributed by atoms with E-state index in [4.69, 9.17) is 91.8 Å². The van der Waals surface area contributed by atoms with Gasteiger partial charge in [-0.1, -0.05) is 84.2 Å². The molecule has 0 radical (unpaired) electrons. The van der Waals surface area contributed by atoms with Gasteiger partial charge in [-0.15, -0.1) is 0 Å². The number of aryl methyl sites for hydroxylation is 5. The SMILES string of the molecule is Cc1ccnc(C)c1Nc1ncc2c(n1)-c1ccc(C(F)(F)F)cc1NC(=S)C2.Cc1nc(N2CCOCC2)ccc1Nc1ncc2c(n1)-c1ccc(C(F)(F)F)cc1NC(=S)C2.Cc1nc(NCCN(C)C)ccc1Nc1ncc2c(n1)-c1ccc(Cl)cc1NC(=S)C2.Cc1ncc(CCN(C)C)cc1Nc1ncc2c(n1)-c1ccc(Cl)cc1NC(=S)C2. The summed E-state index contributed by atoms with van der Waals surface area (Å²) in [6, 6.07) is 30.2. The smallest absolute Gasteiger partial charge is 0.378 e. The number of hydrogen-bond donors (Lipinski definition) is 9. The Hall–Kier alpha value is -11.8. The lowest BCUT2D eigenvalue weighted by molar-refractivity contribution is -0.138. The molecule has 0 atom stereocenters. The van der Waals surface area contributed by atoms with Crippen LogP contribution in [0.15, 0.2) is 146 Å². The first-order valence-corrected chi connectivity index (χ1v) is 41.6. The zero-order valence-corrected chi connectivity index (χ0v) is 73.4. The van der Waals surface area contributed by atoms with Crippen LogP contribution in [-0.4, -0.2) is 164 Å². The Labute approximate surface area is 743 Å². The summed E-state index contributed by atoms with van der Waals surface area (Å²) < 4.78 is 84.5. The van der Waals surface area contributed by atoms with E-state index in [0.29, 0.717) is 110 Å². The lowest BCUT2D eigenvalue weighted by atomic mass is 10.0. The number of pyridine rings is 4. The van der Waals surface area contributed by atoms with Gasteiger partial charge in [0.25, 0.3) is 0 Å². The van der Waals surface area contributed by atoms with E-state index >= 15 is 0 Å². The monoisotopic (exact) mass is 1790 g/mol. The third kappa shape index (κ3) is 22.0. The number of aromatic nitrogens is 12. The zero-order valence-electron chi connectivity index (χ0n) is 68.6. The molecule has 1 saturated heterocycles. The van der Waals surface area contributed by atoms with Crippen LogP contribution >= 0.6 is 72.1 Å². The lowest BCUT2D eigenvalue weighted by Crippen LogP contribution is -2.36. The topological polar surface area (TPSA) is 282 Å². The number of halogens is 8. The Morgan fingerprint density at radius 2 is 0.855 bits per heavy atom. The van der Waals surface area contributed by atoms with Crippen molar-refractivity contribution in [3.63, 3.8) is 0 Å². The Morgan fingerprint density at radius 1 is 0.435 bits per heavy atom. The van der Waals surface area contributed by atoms with E-state index in [-0.39, 0.29) is 11.4 Å². The van der Waals surface area contributed by atoms with Crippen LogP contribution in [0.25, 0.3) is 45.0 Å². The Morgan fingerprint density at radius 3 is 1.28 bits per heavy atom. The summed E-state index contributed by atoms with van der Waals surface area (Å²) in [5, 5.41) is 30.0. The minimum atomic E-state index is -4.45. The molecular weight excluding hydrogens is 1710 g/mol. The van der Waals surface area contributed by atoms with Crippen molar-refractivity contribution in [1.82, 2.24) is 69.6 Å². The number of morpholine rings is 1. The average molecular weight is 1790 g/mol. The second-order valence-corrected chi connectivity index (χ2v) is 33.0. The first-order chi connectivity index (χ1) is 59.3. The van der Waals surface area contributed by atoms with Gasteiger partial charge in [0.1, 0.15) is 11.6 Å². The van der Waals surface area contributed by atoms with E-state index in [0.717, 1.165) is 187 Å². The van der Waals surface area contributed by atoms with Gasteiger partial charge in [0, 0.05) is 173 Å². The van der Waals surface area contributed by atoms with Crippen molar-refractivity contribution in [2.75, 3.05) is 127 Å². The maximum absolute atomic E-state index is 13.2. The predicted molar refractivity (Wildman–Crippen MR) is 496 cm³/mol. The number of ether oxygens (including phenoxy) is 1. The molecule has 25 nitrogen and oxygen atoms in total. The normalized spacial score (nSPS) is 13.7. The summed E-state index contributed by atoms with van der Waals surface area (Å²) in [5.41, 5.74) is 18.7. The molecule has 0 amide bonds. The Kier molecular flexibility index (Phi) is 27.5. The number of likely N-dealkylation sites (N-methyl/N-ethyl adjacent to an activating group) is 2. The molecule has 9 N–H and O–H groups in total. The van der Waals surface area contributed by atoms with E-state index in [1.807, 2.05) is 134 Å². The molecule has 5 aliphatic rings. The van der Waals surface area contributed by atoms with Crippen molar-refractivity contribution in [3.8, 4) is 45.0 Å². The van der Waals surface area contributed by atoms with Crippen LogP contribution in [0, 0.1) is 34.6 Å². The first kappa shape index (κ1) is 88.5. The first-order valence-electron chi connectivity index (χ1n) is 39.2. The third-order valence-electron chi connectivity index (χ3n) is 20.3. The molecule has 0 bridgehead atoms. The highest BCUT2D eigenvalue weighted by Gasteiger charge is 2.35. The fraction of sp³-hybridized carbons (Fsp3) is 0.264. The summed E-state index contributed by atoms with van der Waals surface area (Å²) in [6.45, 7) is 15.3. The Bertz CT molecular complexity index is 6080. The van der Waals surface area contributed by atoms with Crippen LogP contribution in [0.1, 0.15) is 67.3 Å². The van der Waals surface area contributed by atoms with Crippen molar-refractivity contribution in [1.29, 1.82) is 0 Å². The molecule has 0 saturated carbocycles. The van der Waals surface area contributed by atoms with Gasteiger partial charge < -0.3 is 67.3 Å². The van der Waals surface area contributed by atoms with Crippen molar-refractivity contribution < 1.29 is 31.1 Å². The summed E-state index contributed by atoms with van der Waals surface area (Å²) >= 11 is 33.9. The standard InChI is InChI=1S/C23H21F3N6OS.C22H24ClN7S.C22H23ClN6S.C20H16F3N5S/c1-13-17(4-5-19(28-13)32-6-8-33-9-7-32)30-22-27-12-14-10-20(34)29-18-11-15(23(24,25)26)2-3-16(18)21(14)31-22;1-13-17(6-7-19(26-13)24-8-9-30(2)3)28-22-25-12-14-10-20(31)27-18-11-15(23)4-5-16(18)21(14)29-22;1-13-18(8-14(11-24-13)6-7-29(2)3)27-22-25-12-15-9-20(30)26-19-10-16(23)4-5-17(19)21(15)28-22;1-10-5-6-24-11(2)17(10)27-19-25-9-12-7-16(29)26-15-8-13(20(21,22)23)3-4-14(15)18(12)28-19/h2-5,11-12H,6-10H2,1H3,(H,29,34)(H,27,30,31);4-7,11-12H,8-10H2,1-3H3,(H,24,26)(H,27,31)(H,25,28,29);4-5,8,10-12H,6-7,9H2,1-3H3,(H,26,30)(H,25,27,28);3-6,8-9H,7H2,1-2H3,(H,26,29)(H,25,27,28). The second kappa shape index (κ2) is 38.5. The number of rotatable bonds is 16. The van der Waals surface area contributed by atoms with Crippen molar-refractivity contribution in [3.05, 3.63) is 224 Å². The molecule has 5 aliphatic heterocycles. The van der Waals surface area contributed by atoms with Crippen LogP contribution in [0.4, 0.5) is 107 Å². The molecule has 17 rings (SSSR count). The van der Waals surface area contributed by atoms with Crippen LogP contribution < -0.4 is 52.8 Å². The number of fused-ring (bicyclic) bond motifs is 12. The molecule has 37 heteroatoms. The van der Waals surface area contributed by atoms with Gasteiger partial charge in [-0.05, 0) is 177 Å². The van der Waals surface area contributed by atoms with E-state index in [2.05, 4.69) is 128 Å². The minimum Gasteiger partial charge on any atom is -0.378 e. The van der Waals surface area contributed by atoms with Crippen molar-refractivity contribution in [2.45, 2.75) is 79.1 Å². The van der Waals surface area contributed by atoms with E-state index in [1.54, 1.807) is 18.6 Å². The molecule has 0 aliphatic carbocycles. The van der Waals surface area contributed by atoms with Gasteiger partial charge in [0.2, 0.25) is 23.8 Å². The fourth-order valence-electron chi connectivity index (χ4n) is 13.9. The fourth-order valence-corrected chi connectivity index (χ4v) is 15.3. The number of thiocarbonyl (C=S) groups is 4. The maximum Gasteiger partial charge on any atom is 0.416 e. The van der Waals surface area contributed by atoms with Crippen LogP contribution in [0.3, 0.4) is 0 Å². The highest BCUT2D eigenvalue weighted by Crippen LogP contribution is 2.43. The lowest BCUT2D eigenvalue weighted by Gasteiger charge is -2.28. The molecule has 0 unspecified atom stereocenters. The minimum absolute atomic E-state index is 0.274. The molecule has 4 aromatic carbocycles. The van der Waals surface area contributed by atoms with Gasteiger partial charge in [-0.25, -0.2) is 49.8 Å². The maximum atomic E-state index is 13.2. The van der Waals surface area contributed by atoms with Gasteiger partial charge in [0.15, 0.2) is 0 Å².